The van der Waals surface area contributed by atoms with Crippen LogP contribution in [0, 0.1) is 0 Å². The van der Waals surface area contributed by atoms with Gasteiger partial charge in [0.25, 0.3) is 0 Å². The number of benzene rings is 1. The zero-order valence-electron chi connectivity index (χ0n) is 8.38. The van der Waals surface area contributed by atoms with Crippen molar-refractivity contribution in [2.45, 2.75) is 17.9 Å². The van der Waals surface area contributed by atoms with Crippen LogP contribution in [-0.4, -0.2) is 19.6 Å². The largest absolute Gasteiger partial charge is 0.369 e. The monoisotopic (exact) mass is 227 g/mol. The highest BCUT2D eigenvalue weighted by atomic mass is 32.2. The van der Waals surface area contributed by atoms with Gasteiger partial charge in [-0.05, 0) is 12.5 Å². The molecule has 0 spiro atoms. The van der Waals surface area contributed by atoms with Crippen molar-refractivity contribution in [3.05, 3.63) is 35.9 Å². The lowest BCUT2D eigenvalue weighted by Gasteiger charge is -2.08. The summed E-state index contributed by atoms with van der Waals surface area (Å²) in [6.45, 7) is 1.31. The molecule has 0 saturated carbocycles. The molecule has 1 rings (SSSR count). The lowest BCUT2D eigenvalue weighted by Crippen LogP contribution is -2.33. The van der Waals surface area contributed by atoms with Gasteiger partial charge in [0.05, 0.1) is 5.75 Å². The number of rotatable bonds is 4. The summed E-state index contributed by atoms with van der Waals surface area (Å²) in [5.41, 5.74) is 5.62. The Hall–Kier alpha value is -1.36. The SMILES string of the molecule is C[C@@H](C(N)=O)S(=O)(=O)Cc1ccccc1. The second-order valence-electron chi connectivity index (χ2n) is 3.34. The van der Waals surface area contributed by atoms with Crippen molar-refractivity contribution in [3.63, 3.8) is 0 Å². The summed E-state index contributed by atoms with van der Waals surface area (Å²) in [6.07, 6.45) is 0. The number of sulfone groups is 1. The van der Waals surface area contributed by atoms with Gasteiger partial charge in [-0.2, -0.15) is 0 Å². The summed E-state index contributed by atoms with van der Waals surface area (Å²) >= 11 is 0. The Bertz CT molecular complexity index is 439. The highest BCUT2D eigenvalue weighted by Gasteiger charge is 2.25. The van der Waals surface area contributed by atoms with Gasteiger partial charge in [-0.3, -0.25) is 4.79 Å². The summed E-state index contributed by atoms with van der Waals surface area (Å²) < 4.78 is 23.3. The van der Waals surface area contributed by atoms with E-state index in [0.29, 0.717) is 5.56 Å². The van der Waals surface area contributed by atoms with Crippen LogP contribution in [-0.2, 0) is 20.4 Å². The van der Waals surface area contributed by atoms with Gasteiger partial charge < -0.3 is 5.73 Å². The van der Waals surface area contributed by atoms with E-state index in [1.165, 1.54) is 6.92 Å². The van der Waals surface area contributed by atoms with Crippen molar-refractivity contribution < 1.29 is 13.2 Å². The quantitative estimate of drug-likeness (QED) is 0.812. The molecule has 1 aromatic carbocycles. The number of nitrogens with two attached hydrogens (primary N) is 1. The van der Waals surface area contributed by atoms with Gasteiger partial charge in [-0.15, -0.1) is 0 Å². The Morgan fingerprint density at radius 2 is 1.87 bits per heavy atom. The third kappa shape index (κ3) is 3.06. The fourth-order valence-corrected chi connectivity index (χ4v) is 2.37. The van der Waals surface area contributed by atoms with E-state index in [0.717, 1.165) is 0 Å². The van der Waals surface area contributed by atoms with E-state index in [9.17, 15) is 13.2 Å². The molecule has 0 radical (unpaired) electrons. The smallest absolute Gasteiger partial charge is 0.235 e. The molecule has 15 heavy (non-hydrogen) atoms. The number of primary amides is 1. The minimum absolute atomic E-state index is 0.155. The predicted octanol–water partition coefficient (Wildman–Crippen LogP) is 0.475. The summed E-state index contributed by atoms with van der Waals surface area (Å²) in [4.78, 5) is 10.8. The van der Waals surface area contributed by atoms with E-state index in [2.05, 4.69) is 0 Å². The Balaban J connectivity index is 2.87. The molecule has 1 atom stereocenters. The van der Waals surface area contributed by atoms with Gasteiger partial charge in [0.1, 0.15) is 5.25 Å². The van der Waals surface area contributed by atoms with E-state index >= 15 is 0 Å². The molecule has 0 unspecified atom stereocenters. The van der Waals surface area contributed by atoms with Crippen LogP contribution in [0.5, 0.6) is 0 Å². The molecule has 0 saturated heterocycles. The van der Waals surface area contributed by atoms with Crippen molar-refractivity contribution in [1.29, 1.82) is 0 Å². The molecule has 1 aromatic rings. The van der Waals surface area contributed by atoms with E-state index < -0.39 is 21.0 Å². The number of hydrogen-bond acceptors (Lipinski definition) is 3. The number of carbonyl (C=O) groups excluding carboxylic acids is 1. The molecule has 0 aliphatic heterocycles. The molecule has 5 heteroatoms. The maximum Gasteiger partial charge on any atom is 0.235 e. The van der Waals surface area contributed by atoms with Crippen molar-refractivity contribution in [3.8, 4) is 0 Å². The normalized spacial score (nSPS) is 13.4. The zero-order chi connectivity index (χ0) is 11.5. The van der Waals surface area contributed by atoms with Gasteiger partial charge in [-0.25, -0.2) is 8.42 Å². The van der Waals surface area contributed by atoms with Crippen LogP contribution in [0.3, 0.4) is 0 Å². The fourth-order valence-electron chi connectivity index (χ4n) is 1.11. The van der Waals surface area contributed by atoms with Crippen LogP contribution in [0.1, 0.15) is 12.5 Å². The van der Waals surface area contributed by atoms with Crippen LogP contribution in [0.25, 0.3) is 0 Å². The molecule has 0 bridgehead atoms. The molecule has 0 aromatic heterocycles. The molecule has 0 aliphatic rings. The third-order valence-corrected chi connectivity index (χ3v) is 4.20. The van der Waals surface area contributed by atoms with E-state index in [1.807, 2.05) is 0 Å². The molecular formula is C10H13NO3S. The van der Waals surface area contributed by atoms with E-state index in [4.69, 9.17) is 5.73 Å². The highest BCUT2D eigenvalue weighted by molar-refractivity contribution is 7.92. The van der Waals surface area contributed by atoms with Crippen LogP contribution in [0.15, 0.2) is 30.3 Å². The highest BCUT2D eigenvalue weighted by Crippen LogP contribution is 2.10. The summed E-state index contributed by atoms with van der Waals surface area (Å²) in [5.74, 6) is -0.969. The van der Waals surface area contributed by atoms with Crippen molar-refractivity contribution in [1.82, 2.24) is 0 Å². The molecule has 0 fully saturated rings. The predicted molar refractivity (Wildman–Crippen MR) is 57.7 cm³/mol. The Morgan fingerprint density at radius 3 is 2.33 bits per heavy atom. The number of carbonyl (C=O) groups is 1. The minimum atomic E-state index is -3.49. The molecule has 82 valence electrons. The van der Waals surface area contributed by atoms with Gasteiger partial charge >= 0.3 is 0 Å². The summed E-state index contributed by atoms with van der Waals surface area (Å²) in [7, 11) is -3.49. The Labute approximate surface area is 89.0 Å². The topological polar surface area (TPSA) is 77.2 Å². The molecule has 2 N–H and O–H groups in total. The zero-order valence-corrected chi connectivity index (χ0v) is 9.20. The first-order valence-electron chi connectivity index (χ1n) is 4.48. The van der Waals surface area contributed by atoms with Crippen molar-refractivity contribution in [2.75, 3.05) is 0 Å². The van der Waals surface area contributed by atoms with Crippen molar-refractivity contribution in [2.24, 2.45) is 5.73 Å². The lowest BCUT2D eigenvalue weighted by atomic mass is 10.2. The summed E-state index contributed by atoms with van der Waals surface area (Å²) in [5, 5.41) is -1.14. The first-order chi connectivity index (χ1) is 6.93. The Morgan fingerprint density at radius 1 is 1.33 bits per heavy atom. The van der Waals surface area contributed by atoms with Crippen LogP contribution in [0.4, 0.5) is 0 Å². The lowest BCUT2D eigenvalue weighted by molar-refractivity contribution is -0.117. The number of amides is 1. The molecule has 0 aliphatic carbocycles. The van der Waals surface area contributed by atoms with Crippen LogP contribution in [0.2, 0.25) is 0 Å². The Kier molecular flexibility index (Phi) is 3.47. The van der Waals surface area contributed by atoms with Crippen LogP contribution >= 0.6 is 0 Å². The average molecular weight is 227 g/mol. The maximum absolute atomic E-state index is 11.6. The fraction of sp³-hybridized carbons (Fsp3) is 0.300. The van der Waals surface area contributed by atoms with Gasteiger partial charge in [-0.1, -0.05) is 30.3 Å². The maximum atomic E-state index is 11.6. The van der Waals surface area contributed by atoms with Gasteiger partial charge in [0, 0.05) is 0 Å². The first kappa shape index (κ1) is 11.7. The van der Waals surface area contributed by atoms with Gasteiger partial charge in [0.2, 0.25) is 5.91 Å². The number of hydrogen-bond donors (Lipinski definition) is 1. The molecule has 0 heterocycles. The second-order valence-corrected chi connectivity index (χ2v) is 5.66. The van der Waals surface area contributed by atoms with Gasteiger partial charge in [0.15, 0.2) is 9.84 Å². The molecule has 1 amide bonds. The van der Waals surface area contributed by atoms with Crippen molar-refractivity contribution >= 4 is 15.7 Å². The molecular weight excluding hydrogens is 214 g/mol. The average Bonchev–Trinajstić information content (AvgIpc) is 2.17. The first-order valence-corrected chi connectivity index (χ1v) is 6.20. The second kappa shape index (κ2) is 4.44. The van der Waals surface area contributed by atoms with E-state index in [-0.39, 0.29) is 5.75 Å². The van der Waals surface area contributed by atoms with Crippen LogP contribution < -0.4 is 5.73 Å². The standard InChI is InChI=1S/C10H13NO3S/c1-8(10(11)12)15(13,14)7-9-5-3-2-4-6-9/h2-6,8H,7H2,1H3,(H2,11,12)/t8-/m0/s1. The summed E-state index contributed by atoms with van der Waals surface area (Å²) in [6, 6.07) is 8.70. The van der Waals surface area contributed by atoms with E-state index in [1.54, 1.807) is 30.3 Å². The minimum Gasteiger partial charge on any atom is -0.369 e. The third-order valence-electron chi connectivity index (χ3n) is 2.15. The molecule has 4 nitrogen and oxygen atoms in total.